The number of nitrogens with two attached hydrogens (primary N) is 1. The molecule has 13 heavy (non-hydrogen) atoms. The molecule has 1 unspecified atom stereocenters. The first-order chi connectivity index (χ1) is 6.15. The normalized spacial score (nSPS) is 12.8. The van der Waals surface area contributed by atoms with Gasteiger partial charge in [0.2, 0.25) is 5.56 Å². The van der Waals surface area contributed by atoms with Gasteiger partial charge in [0.1, 0.15) is 0 Å². The molecule has 1 aromatic heterocycles. The summed E-state index contributed by atoms with van der Waals surface area (Å²) in [6.45, 7) is 2.28. The number of aromatic nitrogens is 1. The molecule has 0 bridgehead atoms. The number of aryl methyl sites for hydroxylation is 1. The summed E-state index contributed by atoms with van der Waals surface area (Å²) in [5.74, 6) is 0. The Bertz CT molecular complexity index is 333. The van der Waals surface area contributed by atoms with Crippen LogP contribution in [0.2, 0.25) is 0 Å². The molecule has 0 aliphatic rings. The van der Waals surface area contributed by atoms with Crippen molar-refractivity contribution in [1.29, 1.82) is 0 Å². The lowest BCUT2D eigenvalue weighted by atomic mass is 10.1. The highest BCUT2D eigenvalue weighted by Crippen LogP contribution is 2.11. The van der Waals surface area contributed by atoms with E-state index in [0.717, 1.165) is 11.3 Å². The molecule has 1 rings (SSSR count). The van der Waals surface area contributed by atoms with Crippen LogP contribution in [0.1, 0.15) is 17.3 Å². The molecule has 0 spiro atoms. The molecule has 0 saturated heterocycles. The van der Waals surface area contributed by atoms with E-state index >= 15 is 0 Å². The monoisotopic (exact) mass is 182 g/mol. The van der Waals surface area contributed by atoms with Crippen LogP contribution >= 0.6 is 0 Å². The number of aromatic amines is 1. The zero-order chi connectivity index (χ0) is 9.84. The number of methoxy groups -OCH3 is 1. The number of hydrogen-bond donors (Lipinski definition) is 2. The molecule has 0 aromatic carbocycles. The first kappa shape index (κ1) is 9.95. The Balaban J connectivity index is 2.94. The molecule has 0 saturated carbocycles. The van der Waals surface area contributed by atoms with Crippen molar-refractivity contribution in [2.75, 3.05) is 13.7 Å². The van der Waals surface area contributed by atoms with Crippen LogP contribution in [0.25, 0.3) is 0 Å². The fourth-order valence-electron chi connectivity index (χ4n) is 1.26. The summed E-state index contributed by atoms with van der Waals surface area (Å²) in [4.78, 5) is 13.6. The quantitative estimate of drug-likeness (QED) is 0.707. The minimum Gasteiger partial charge on any atom is -0.383 e. The van der Waals surface area contributed by atoms with Crippen LogP contribution in [0.15, 0.2) is 16.9 Å². The van der Waals surface area contributed by atoms with Crippen molar-refractivity contribution in [3.63, 3.8) is 0 Å². The van der Waals surface area contributed by atoms with Gasteiger partial charge in [0.05, 0.1) is 12.6 Å². The van der Waals surface area contributed by atoms with Crippen LogP contribution in [0.3, 0.4) is 0 Å². The molecular weight excluding hydrogens is 168 g/mol. The lowest BCUT2D eigenvalue weighted by Gasteiger charge is -2.12. The van der Waals surface area contributed by atoms with Crippen LogP contribution < -0.4 is 11.3 Å². The molecular formula is C9H14N2O2. The van der Waals surface area contributed by atoms with Gasteiger partial charge in [-0.25, -0.2) is 0 Å². The van der Waals surface area contributed by atoms with E-state index < -0.39 is 0 Å². The molecule has 3 N–H and O–H groups in total. The van der Waals surface area contributed by atoms with Gasteiger partial charge in [-0.05, 0) is 12.5 Å². The first-order valence-electron chi connectivity index (χ1n) is 4.09. The number of hydrogen-bond acceptors (Lipinski definition) is 3. The van der Waals surface area contributed by atoms with Gasteiger partial charge >= 0.3 is 0 Å². The number of ether oxygens (including phenoxy) is 1. The molecule has 0 amide bonds. The van der Waals surface area contributed by atoms with Crippen molar-refractivity contribution >= 4 is 0 Å². The SMILES string of the molecule is COCC(N)c1ccc(=O)[nH]c1C. The van der Waals surface area contributed by atoms with E-state index in [1.165, 1.54) is 6.07 Å². The number of rotatable bonds is 3. The third-order valence-electron chi connectivity index (χ3n) is 1.90. The standard InChI is InChI=1S/C9H14N2O2/c1-6-7(8(10)5-13-2)3-4-9(12)11-6/h3-4,8H,5,10H2,1-2H3,(H,11,12). The van der Waals surface area contributed by atoms with Crippen LogP contribution in [-0.4, -0.2) is 18.7 Å². The smallest absolute Gasteiger partial charge is 0.248 e. The van der Waals surface area contributed by atoms with Gasteiger partial charge in [0, 0.05) is 18.9 Å². The van der Waals surface area contributed by atoms with Gasteiger partial charge in [-0.2, -0.15) is 0 Å². The second kappa shape index (κ2) is 4.20. The molecule has 1 atom stereocenters. The second-order valence-corrected chi connectivity index (χ2v) is 2.96. The van der Waals surface area contributed by atoms with E-state index in [0.29, 0.717) is 6.61 Å². The summed E-state index contributed by atoms with van der Waals surface area (Å²) < 4.78 is 4.93. The lowest BCUT2D eigenvalue weighted by molar-refractivity contribution is 0.180. The highest BCUT2D eigenvalue weighted by atomic mass is 16.5. The van der Waals surface area contributed by atoms with E-state index in [4.69, 9.17) is 10.5 Å². The molecule has 0 aliphatic heterocycles. The Hall–Kier alpha value is -1.13. The van der Waals surface area contributed by atoms with Crippen molar-refractivity contribution in [3.8, 4) is 0 Å². The Morgan fingerprint density at radius 2 is 2.31 bits per heavy atom. The highest BCUT2D eigenvalue weighted by Gasteiger charge is 2.08. The molecule has 72 valence electrons. The van der Waals surface area contributed by atoms with Gasteiger partial charge in [0.15, 0.2) is 0 Å². The maximum Gasteiger partial charge on any atom is 0.248 e. The van der Waals surface area contributed by atoms with Gasteiger partial charge in [-0.15, -0.1) is 0 Å². The van der Waals surface area contributed by atoms with Crippen molar-refractivity contribution in [3.05, 3.63) is 33.7 Å². The predicted molar refractivity (Wildman–Crippen MR) is 50.6 cm³/mol. The summed E-state index contributed by atoms with van der Waals surface area (Å²) in [5.41, 5.74) is 7.42. The third-order valence-corrected chi connectivity index (χ3v) is 1.90. The van der Waals surface area contributed by atoms with Gasteiger partial charge in [0.25, 0.3) is 0 Å². The third kappa shape index (κ3) is 2.40. The zero-order valence-corrected chi connectivity index (χ0v) is 7.83. The fraction of sp³-hybridized carbons (Fsp3) is 0.444. The molecule has 4 nitrogen and oxygen atoms in total. The molecule has 4 heteroatoms. The second-order valence-electron chi connectivity index (χ2n) is 2.96. The van der Waals surface area contributed by atoms with E-state index in [-0.39, 0.29) is 11.6 Å². The molecule has 0 radical (unpaired) electrons. The summed E-state index contributed by atoms with van der Waals surface area (Å²) in [5, 5.41) is 0. The zero-order valence-electron chi connectivity index (χ0n) is 7.83. The predicted octanol–water partition coefficient (Wildman–Crippen LogP) is 0.330. The average Bonchev–Trinajstić information content (AvgIpc) is 2.04. The molecule has 0 aliphatic carbocycles. The maximum absolute atomic E-state index is 10.9. The summed E-state index contributed by atoms with van der Waals surface area (Å²) >= 11 is 0. The molecule has 1 heterocycles. The fourth-order valence-corrected chi connectivity index (χ4v) is 1.26. The maximum atomic E-state index is 10.9. The summed E-state index contributed by atoms with van der Waals surface area (Å²) in [6, 6.07) is 3.03. The Kier molecular flexibility index (Phi) is 3.22. The number of nitrogens with one attached hydrogen (secondary N) is 1. The number of H-pyrrole nitrogens is 1. The Morgan fingerprint density at radius 1 is 1.62 bits per heavy atom. The minimum absolute atomic E-state index is 0.106. The van der Waals surface area contributed by atoms with Crippen LogP contribution in [0.5, 0.6) is 0 Å². The van der Waals surface area contributed by atoms with Crippen LogP contribution in [0, 0.1) is 6.92 Å². The minimum atomic E-state index is -0.179. The topological polar surface area (TPSA) is 68.1 Å². The van der Waals surface area contributed by atoms with E-state index in [1.807, 2.05) is 6.92 Å². The van der Waals surface area contributed by atoms with E-state index in [1.54, 1.807) is 13.2 Å². The molecule has 1 aromatic rings. The van der Waals surface area contributed by atoms with Crippen molar-refractivity contribution in [2.24, 2.45) is 5.73 Å². The van der Waals surface area contributed by atoms with Crippen LogP contribution in [-0.2, 0) is 4.74 Å². The number of pyridine rings is 1. The lowest BCUT2D eigenvalue weighted by Crippen LogP contribution is -2.19. The Morgan fingerprint density at radius 3 is 2.85 bits per heavy atom. The summed E-state index contributed by atoms with van der Waals surface area (Å²) in [7, 11) is 1.60. The van der Waals surface area contributed by atoms with Crippen LogP contribution in [0.4, 0.5) is 0 Å². The largest absolute Gasteiger partial charge is 0.383 e. The average molecular weight is 182 g/mol. The highest BCUT2D eigenvalue weighted by molar-refractivity contribution is 5.22. The van der Waals surface area contributed by atoms with Gasteiger partial charge < -0.3 is 15.5 Å². The van der Waals surface area contributed by atoms with Crippen molar-refractivity contribution in [2.45, 2.75) is 13.0 Å². The van der Waals surface area contributed by atoms with E-state index in [2.05, 4.69) is 4.98 Å². The first-order valence-corrected chi connectivity index (χ1v) is 4.09. The molecule has 0 fully saturated rings. The van der Waals surface area contributed by atoms with Gasteiger partial charge in [-0.3, -0.25) is 4.79 Å². The Labute approximate surface area is 76.7 Å². The summed E-state index contributed by atoms with van der Waals surface area (Å²) in [6.07, 6.45) is 0. The van der Waals surface area contributed by atoms with E-state index in [9.17, 15) is 4.79 Å². The van der Waals surface area contributed by atoms with Crippen molar-refractivity contribution < 1.29 is 4.74 Å². The van der Waals surface area contributed by atoms with Crippen molar-refractivity contribution in [1.82, 2.24) is 4.98 Å². The van der Waals surface area contributed by atoms with Gasteiger partial charge in [-0.1, -0.05) is 6.07 Å².